The van der Waals surface area contributed by atoms with Crippen molar-refractivity contribution in [1.82, 2.24) is 14.8 Å². The van der Waals surface area contributed by atoms with E-state index < -0.39 is 5.54 Å². The third-order valence-corrected chi connectivity index (χ3v) is 7.34. The van der Waals surface area contributed by atoms with Crippen LogP contribution < -0.4 is 14.8 Å². The predicted octanol–water partition coefficient (Wildman–Crippen LogP) is 4.13. The van der Waals surface area contributed by atoms with Crippen LogP contribution in [0.4, 0.5) is 0 Å². The van der Waals surface area contributed by atoms with Gasteiger partial charge in [0.2, 0.25) is 5.91 Å². The van der Waals surface area contributed by atoms with E-state index in [2.05, 4.69) is 5.32 Å². The Bertz CT molecular complexity index is 1240. The van der Waals surface area contributed by atoms with Crippen LogP contribution in [0.3, 0.4) is 0 Å². The second-order valence-corrected chi connectivity index (χ2v) is 9.47. The first-order chi connectivity index (χ1) is 16.4. The van der Waals surface area contributed by atoms with Gasteiger partial charge in [0.1, 0.15) is 22.7 Å². The predicted molar refractivity (Wildman–Crippen MR) is 130 cm³/mol. The molecule has 1 aliphatic carbocycles. The van der Waals surface area contributed by atoms with Gasteiger partial charge >= 0.3 is 0 Å². The summed E-state index contributed by atoms with van der Waals surface area (Å²) in [4.78, 5) is 29.5. The fraction of sp³-hybridized carbons (Fsp3) is 0.407. The summed E-state index contributed by atoms with van der Waals surface area (Å²) in [6.45, 7) is 2.51. The second-order valence-electron chi connectivity index (χ2n) is 9.47. The van der Waals surface area contributed by atoms with Gasteiger partial charge in [0, 0.05) is 23.1 Å². The average molecular weight is 462 g/mol. The van der Waals surface area contributed by atoms with Crippen LogP contribution in [0.2, 0.25) is 0 Å². The van der Waals surface area contributed by atoms with Gasteiger partial charge in [-0.2, -0.15) is 0 Å². The lowest BCUT2D eigenvalue weighted by molar-refractivity contribution is -0.133. The highest BCUT2D eigenvalue weighted by atomic mass is 16.5. The summed E-state index contributed by atoms with van der Waals surface area (Å²) in [5, 5.41) is 4.19. The van der Waals surface area contributed by atoms with Crippen LogP contribution in [0, 0.1) is 0 Å². The average Bonchev–Trinajstić information content (AvgIpc) is 3.49. The lowest BCUT2D eigenvalue weighted by Gasteiger charge is -2.44. The number of ether oxygens (including phenoxy) is 2. The van der Waals surface area contributed by atoms with Crippen molar-refractivity contribution in [3.8, 4) is 11.5 Å². The highest BCUT2D eigenvalue weighted by Crippen LogP contribution is 2.36. The molecule has 1 fully saturated rings. The van der Waals surface area contributed by atoms with Gasteiger partial charge in [0.15, 0.2) is 0 Å². The lowest BCUT2D eigenvalue weighted by Crippen LogP contribution is -2.64. The van der Waals surface area contributed by atoms with Crippen LogP contribution in [0.1, 0.15) is 48.7 Å². The number of amides is 2. The summed E-state index contributed by atoms with van der Waals surface area (Å²) in [5.41, 5.74) is 1.26. The van der Waals surface area contributed by atoms with E-state index in [0.717, 1.165) is 47.9 Å². The van der Waals surface area contributed by atoms with Gasteiger partial charge in [-0.05, 0) is 44.0 Å². The minimum atomic E-state index is -1.07. The zero-order chi connectivity index (χ0) is 23.9. The molecule has 2 aromatic carbocycles. The van der Waals surface area contributed by atoms with E-state index in [1.807, 2.05) is 60.0 Å². The minimum absolute atomic E-state index is 0.113. The molecule has 1 aliphatic heterocycles. The number of fused-ring (bicyclic) bond motifs is 3. The molecule has 0 saturated heterocycles. The number of nitrogens with one attached hydrogen (secondary N) is 1. The van der Waals surface area contributed by atoms with Gasteiger partial charge in [-0.1, -0.05) is 31.0 Å². The van der Waals surface area contributed by atoms with Gasteiger partial charge in [0.05, 0.1) is 32.8 Å². The molecule has 5 rings (SSSR count). The number of carbonyl (C=O) groups excluding carboxylic acids is 2. The van der Waals surface area contributed by atoms with Crippen molar-refractivity contribution >= 4 is 22.7 Å². The summed E-state index contributed by atoms with van der Waals surface area (Å²) in [7, 11) is 3.24. The molecule has 34 heavy (non-hydrogen) atoms. The Morgan fingerprint density at radius 3 is 2.59 bits per heavy atom. The first-order valence-corrected chi connectivity index (χ1v) is 11.9. The van der Waals surface area contributed by atoms with Crippen molar-refractivity contribution in [1.29, 1.82) is 0 Å². The summed E-state index contributed by atoms with van der Waals surface area (Å²) < 4.78 is 12.9. The minimum Gasteiger partial charge on any atom is -0.497 e. The molecule has 0 radical (unpaired) electrons. The fourth-order valence-corrected chi connectivity index (χ4v) is 5.32. The Morgan fingerprint density at radius 1 is 1.09 bits per heavy atom. The van der Waals surface area contributed by atoms with E-state index in [1.165, 1.54) is 0 Å². The number of carbonyl (C=O) groups is 2. The molecule has 2 aliphatic rings. The third kappa shape index (κ3) is 3.69. The second kappa shape index (κ2) is 8.70. The molecule has 0 bridgehead atoms. The number of para-hydroxylation sites is 1. The Morgan fingerprint density at radius 2 is 1.85 bits per heavy atom. The van der Waals surface area contributed by atoms with Crippen LogP contribution >= 0.6 is 0 Å². The van der Waals surface area contributed by atoms with Gasteiger partial charge in [-0.25, -0.2) is 0 Å². The highest BCUT2D eigenvalue weighted by molar-refractivity contribution is 6.03. The monoisotopic (exact) mass is 461 g/mol. The number of methoxy groups -OCH3 is 2. The van der Waals surface area contributed by atoms with Gasteiger partial charge in [0.25, 0.3) is 5.91 Å². The number of hydrogen-bond acceptors (Lipinski definition) is 4. The van der Waals surface area contributed by atoms with Crippen LogP contribution in [-0.4, -0.2) is 47.1 Å². The molecule has 2 amide bonds. The van der Waals surface area contributed by atoms with Crippen molar-refractivity contribution < 1.29 is 19.1 Å². The van der Waals surface area contributed by atoms with E-state index in [4.69, 9.17) is 9.47 Å². The molecule has 7 nitrogen and oxygen atoms in total. The maximum atomic E-state index is 14.0. The summed E-state index contributed by atoms with van der Waals surface area (Å²) in [6, 6.07) is 15.5. The number of hydrogen-bond donors (Lipinski definition) is 1. The van der Waals surface area contributed by atoms with E-state index in [9.17, 15) is 9.59 Å². The standard InChI is InChI=1S/C27H31N3O4/c1-27(26(32)28-20-9-5-6-10-20)17-29-22-15-21(33-2)13-12-18(22)14-23(29)25(31)30(27)16-19-8-4-7-11-24(19)34-3/h4,7-8,11-15,20H,5-6,9-10,16-17H2,1-3H3,(H,28,32)/t27-/m1/s1. The fourth-order valence-electron chi connectivity index (χ4n) is 5.32. The summed E-state index contributed by atoms with van der Waals surface area (Å²) >= 11 is 0. The zero-order valence-electron chi connectivity index (χ0n) is 20.0. The van der Waals surface area contributed by atoms with Gasteiger partial charge < -0.3 is 24.3 Å². The van der Waals surface area contributed by atoms with E-state index >= 15 is 0 Å². The smallest absolute Gasteiger partial charge is 0.271 e. The number of benzene rings is 2. The Balaban J connectivity index is 1.60. The summed E-state index contributed by atoms with van der Waals surface area (Å²) in [6.07, 6.45) is 4.21. The Labute approximate surface area is 199 Å². The van der Waals surface area contributed by atoms with Gasteiger partial charge in [-0.3, -0.25) is 9.59 Å². The van der Waals surface area contributed by atoms with Gasteiger partial charge in [-0.15, -0.1) is 0 Å². The molecule has 3 aromatic rings. The molecule has 0 unspecified atom stereocenters. The maximum Gasteiger partial charge on any atom is 0.271 e. The first-order valence-electron chi connectivity index (χ1n) is 11.9. The largest absolute Gasteiger partial charge is 0.497 e. The Kier molecular flexibility index (Phi) is 5.71. The molecule has 1 N–H and O–H groups in total. The number of rotatable bonds is 6. The SMILES string of the molecule is COc1ccc2cc3n(c2c1)C[C@](C)(C(=O)NC1CCCC1)N(Cc1ccccc1OC)C3=O. The molecule has 1 saturated carbocycles. The number of aromatic nitrogens is 1. The molecular weight excluding hydrogens is 430 g/mol. The van der Waals surface area contributed by atoms with Crippen molar-refractivity contribution in [3.05, 3.63) is 59.8 Å². The van der Waals surface area contributed by atoms with Crippen LogP contribution in [-0.2, 0) is 17.9 Å². The molecule has 2 heterocycles. The molecule has 1 aromatic heterocycles. The first kappa shape index (κ1) is 22.3. The quantitative estimate of drug-likeness (QED) is 0.599. The zero-order valence-corrected chi connectivity index (χ0v) is 20.0. The van der Waals surface area contributed by atoms with Crippen LogP contribution in [0.25, 0.3) is 10.9 Å². The van der Waals surface area contributed by atoms with Crippen molar-refractivity contribution in [2.45, 2.75) is 57.3 Å². The molecular formula is C27H31N3O4. The molecule has 1 atom stereocenters. The van der Waals surface area contributed by atoms with E-state index in [-0.39, 0.29) is 24.4 Å². The Hall–Kier alpha value is -3.48. The molecule has 7 heteroatoms. The highest BCUT2D eigenvalue weighted by Gasteiger charge is 2.48. The number of nitrogens with zero attached hydrogens (tertiary/aromatic N) is 2. The normalized spacial score (nSPS) is 20.4. The molecule has 0 spiro atoms. The lowest BCUT2D eigenvalue weighted by atomic mass is 9.93. The van der Waals surface area contributed by atoms with Crippen molar-refractivity contribution in [2.75, 3.05) is 14.2 Å². The van der Waals surface area contributed by atoms with E-state index in [1.54, 1.807) is 19.1 Å². The van der Waals surface area contributed by atoms with Crippen molar-refractivity contribution in [2.24, 2.45) is 0 Å². The third-order valence-electron chi connectivity index (χ3n) is 7.34. The van der Waals surface area contributed by atoms with Crippen molar-refractivity contribution in [3.63, 3.8) is 0 Å². The molecule has 178 valence electrons. The topological polar surface area (TPSA) is 72.8 Å². The summed E-state index contributed by atoms with van der Waals surface area (Å²) in [5.74, 6) is 1.13. The van der Waals surface area contributed by atoms with E-state index in [0.29, 0.717) is 18.0 Å². The van der Waals surface area contributed by atoms with Crippen LogP contribution in [0.5, 0.6) is 11.5 Å². The maximum absolute atomic E-state index is 14.0. The van der Waals surface area contributed by atoms with Crippen LogP contribution in [0.15, 0.2) is 48.5 Å².